The number of hydrogen-bond acceptors (Lipinski definition) is 3. The molecule has 1 atom stereocenters. The van der Waals surface area contributed by atoms with Crippen molar-refractivity contribution in [3.05, 3.63) is 53.3 Å². The van der Waals surface area contributed by atoms with Gasteiger partial charge in [0.2, 0.25) is 0 Å². The Morgan fingerprint density at radius 2 is 2.18 bits per heavy atom. The van der Waals surface area contributed by atoms with Gasteiger partial charge >= 0.3 is 0 Å². The van der Waals surface area contributed by atoms with Gasteiger partial charge in [-0.1, -0.05) is 12.1 Å². The van der Waals surface area contributed by atoms with E-state index in [0.717, 1.165) is 0 Å². The summed E-state index contributed by atoms with van der Waals surface area (Å²) in [6.07, 6.45) is 3.39. The number of aliphatic hydroxyl groups is 1. The first-order valence-electron chi connectivity index (χ1n) is 5.26. The van der Waals surface area contributed by atoms with Crippen LogP contribution in [0.5, 0.6) is 0 Å². The van der Waals surface area contributed by atoms with E-state index in [-0.39, 0.29) is 0 Å². The molecule has 2 aromatic rings. The summed E-state index contributed by atoms with van der Waals surface area (Å²) in [5, 5.41) is 23.4. The Labute approximate surface area is 99.7 Å². The Balaban J connectivity index is 2.47. The zero-order valence-corrected chi connectivity index (χ0v) is 9.75. The standard InChI is InChI=1S/C13H13N3O/c1-13(17,12-8-15-16(2)9-12)11-5-3-4-10(6-11)7-14/h3-6,8-9,17H,1-2H3. The number of nitriles is 1. The number of nitrogens with zero attached hydrogens (tertiary/aromatic N) is 3. The van der Waals surface area contributed by atoms with Crippen LogP contribution in [0.3, 0.4) is 0 Å². The summed E-state index contributed by atoms with van der Waals surface area (Å²) < 4.78 is 1.64. The Kier molecular flexibility index (Phi) is 2.70. The molecule has 2 rings (SSSR count). The van der Waals surface area contributed by atoms with Gasteiger partial charge in [0.15, 0.2) is 0 Å². The van der Waals surface area contributed by atoms with E-state index in [1.54, 1.807) is 55.3 Å². The van der Waals surface area contributed by atoms with Crippen molar-refractivity contribution < 1.29 is 5.11 Å². The van der Waals surface area contributed by atoms with Crippen LogP contribution in [0.2, 0.25) is 0 Å². The molecular formula is C13H13N3O. The Bertz CT molecular complexity index is 578. The highest BCUT2D eigenvalue weighted by molar-refractivity contribution is 5.39. The highest BCUT2D eigenvalue weighted by atomic mass is 16.3. The Morgan fingerprint density at radius 1 is 1.41 bits per heavy atom. The van der Waals surface area contributed by atoms with Crippen molar-refractivity contribution in [3.8, 4) is 6.07 Å². The average molecular weight is 227 g/mol. The molecule has 1 aromatic heterocycles. The van der Waals surface area contributed by atoms with Crippen LogP contribution >= 0.6 is 0 Å². The van der Waals surface area contributed by atoms with E-state index in [2.05, 4.69) is 11.2 Å². The van der Waals surface area contributed by atoms with Crippen LogP contribution in [0.15, 0.2) is 36.7 Å². The van der Waals surface area contributed by atoms with Crippen molar-refractivity contribution in [2.24, 2.45) is 7.05 Å². The van der Waals surface area contributed by atoms with Gasteiger partial charge in [0.05, 0.1) is 17.8 Å². The SMILES string of the molecule is Cn1cc(C(C)(O)c2cccc(C#N)c2)cn1. The van der Waals surface area contributed by atoms with Crippen LogP contribution in [0.4, 0.5) is 0 Å². The minimum absolute atomic E-state index is 0.534. The molecule has 4 heteroatoms. The zero-order chi connectivity index (χ0) is 12.5. The van der Waals surface area contributed by atoms with E-state index in [4.69, 9.17) is 5.26 Å². The van der Waals surface area contributed by atoms with E-state index < -0.39 is 5.60 Å². The normalized spacial score (nSPS) is 14.0. The minimum atomic E-state index is -1.14. The maximum absolute atomic E-state index is 10.5. The molecule has 0 aliphatic heterocycles. The van der Waals surface area contributed by atoms with Gasteiger partial charge in [0.25, 0.3) is 0 Å². The fourth-order valence-corrected chi connectivity index (χ4v) is 1.73. The van der Waals surface area contributed by atoms with Gasteiger partial charge in [-0.25, -0.2) is 0 Å². The van der Waals surface area contributed by atoms with E-state index in [9.17, 15) is 5.11 Å². The number of hydrogen-bond donors (Lipinski definition) is 1. The molecule has 1 unspecified atom stereocenters. The van der Waals surface area contributed by atoms with E-state index in [1.807, 2.05) is 0 Å². The molecule has 0 fully saturated rings. The molecule has 86 valence electrons. The van der Waals surface area contributed by atoms with Crippen LogP contribution in [-0.4, -0.2) is 14.9 Å². The van der Waals surface area contributed by atoms with E-state index in [0.29, 0.717) is 16.7 Å². The van der Waals surface area contributed by atoms with Gasteiger partial charge in [-0.15, -0.1) is 0 Å². The maximum atomic E-state index is 10.5. The molecular weight excluding hydrogens is 214 g/mol. The first kappa shape index (κ1) is 11.4. The van der Waals surface area contributed by atoms with Crippen molar-refractivity contribution in [1.82, 2.24) is 9.78 Å². The van der Waals surface area contributed by atoms with E-state index >= 15 is 0 Å². The molecule has 17 heavy (non-hydrogen) atoms. The molecule has 0 aliphatic carbocycles. The summed E-state index contributed by atoms with van der Waals surface area (Å²) in [6, 6.07) is 9.02. The molecule has 0 amide bonds. The first-order valence-corrected chi connectivity index (χ1v) is 5.26. The molecule has 0 aliphatic rings. The third-order valence-electron chi connectivity index (χ3n) is 2.82. The molecule has 0 bridgehead atoms. The topological polar surface area (TPSA) is 61.8 Å². The number of aromatic nitrogens is 2. The summed E-state index contributed by atoms with van der Waals surface area (Å²) in [5.74, 6) is 0. The number of benzene rings is 1. The second-order valence-electron chi connectivity index (χ2n) is 4.17. The summed E-state index contributed by atoms with van der Waals surface area (Å²) in [7, 11) is 1.80. The molecule has 0 radical (unpaired) electrons. The quantitative estimate of drug-likeness (QED) is 0.846. The summed E-state index contributed by atoms with van der Waals surface area (Å²) >= 11 is 0. The van der Waals surface area contributed by atoms with Crippen LogP contribution in [0.25, 0.3) is 0 Å². The molecule has 1 heterocycles. The van der Waals surface area contributed by atoms with Crippen molar-refractivity contribution in [2.45, 2.75) is 12.5 Å². The van der Waals surface area contributed by atoms with Gasteiger partial charge in [-0.05, 0) is 24.6 Å². The molecule has 0 saturated carbocycles. The van der Waals surface area contributed by atoms with Gasteiger partial charge in [0, 0.05) is 18.8 Å². The molecule has 1 aromatic carbocycles. The fraction of sp³-hybridized carbons (Fsp3) is 0.231. The lowest BCUT2D eigenvalue weighted by atomic mass is 9.89. The van der Waals surface area contributed by atoms with Gasteiger partial charge in [0.1, 0.15) is 5.60 Å². The summed E-state index contributed by atoms with van der Waals surface area (Å²) in [4.78, 5) is 0. The third-order valence-corrected chi connectivity index (χ3v) is 2.82. The molecule has 4 nitrogen and oxygen atoms in total. The Hall–Kier alpha value is -2.12. The monoisotopic (exact) mass is 227 g/mol. The lowest BCUT2D eigenvalue weighted by Gasteiger charge is -2.22. The predicted molar refractivity (Wildman–Crippen MR) is 63.0 cm³/mol. The molecule has 1 N–H and O–H groups in total. The molecule has 0 saturated heterocycles. The summed E-state index contributed by atoms with van der Waals surface area (Å²) in [6.45, 7) is 1.69. The van der Waals surface area contributed by atoms with Crippen LogP contribution in [-0.2, 0) is 12.6 Å². The highest BCUT2D eigenvalue weighted by Crippen LogP contribution is 2.28. The molecule has 0 spiro atoms. The van der Waals surface area contributed by atoms with Gasteiger partial charge in [-0.3, -0.25) is 4.68 Å². The zero-order valence-electron chi connectivity index (χ0n) is 9.75. The van der Waals surface area contributed by atoms with Crippen molar-refractivity contribution in [1.29, 1.82) is 5.26 Å². The van der Waals surface area contributed by atoms with Crippen molar-refractivity contribution in [3.63, 3.8) is 0 Å². The number of aryl methyl sites for hydroxylation is 1. The van der Waals surface area contributed by atoms with Crippen LogP contribution < -0.4 is 0 Å². The largest absolute Gasteiger partial charge is 0.381 e. The second kappa shape index (κ2) is 4.04. The lowest BCUT2D eigenvalue weighted by molar-refractivity contribution is 0.102. The predicted octanol–water partition coefficient (Wildman–Crippen LogP) is 1.55. The highest BCUT2D eigenvalue weighted by Gasteiger charge is 2.27. The minimum Gasteiger partial charge on any atom is -0.381 e. The smallest absolute Gasteiger partial charge is 0.115 e. The lowest BCUT2D eigenvalue weighted by Crippen LogP contribution is -2.22. The maximum Gasteiger partial charge on any atom is 0.115 e. The van der Waals surface area contributed by atoms with Crippen molar-refractivity contribution in [2.75, 3.05) is 0 Å². The fourth-order valence-electron chi connectivity index (χ4n) is 1.73. The Morgan fingerprint density at radius 3 is 2.76 bits per heavy atom. The number of rotatable bonds is 2. The van der Waals surface area contributed by atoms with Crippen molar-refractivity contribution >= 4 is 0 Å². The summed E-state index contributed by atoms with van der Waals surface area (Å²) in [5.41, 5.74) is 0.785. The van der Waals surface area contributed by atoms with Crippen LogP contribution in [0.1, 0.15) is 23.6 Å². The van der Waals surface area contributed by atoms with Gasteiger partial charge in [-0.2, -0.15) is 10.4 Å². The van der Waals surface area contributed by atoms with E-state index in [1.165, 1.54) is 0 Å². The average Bonchev–Trinajstić information content (AvgIpc) is 2.76. The second-order valence-corrected chi connectivity index (χ2v) is 4.17. The van der Waals surface area contributed by atoms with Crippen LogP contribution in [0, 0.1) is 11.3 Å². The van der Waals surface area contributed by atoms with Gasteiger partial charge < -0.3 is 5.11 Å². The first-order chi connectivity index (χ1) is 8.04. The third kappa shape index (κ3) is 2.05.